The van der Waals surface area contributed by atoms with Crippen molar-refractivity contribution in [3.63, 3.8) is 0 Å². The number of halogens is 2. The zero-order valence-electron chi connectivity index (χ0n) is 13.7. The first-order valence-corrected chi connectivity index (χ1v) is 7.78. The van der Waals surface area contributed by atoms with Gasteiger partial charge in [-0.3, -0.25) is 9.78 Å². The van der Waals surface area contributed by atoms with Crippen LogP contribution >= 0.6 is 0 Å². The first-order chi connectivity index (χ1) is 12.0. The van der Waals surface area contributed by atoms with Gasteiger partial charge in [0.1, 0.15) is 17.3 Å². The lowest BCUT2D eigenvalue weighted by Gasteiger charge is -2.19. The van der Waals surface area contributed by atoms with Crippen LogP contribution in [-0.4, -0.2) is 27.4 Å². The average Bonchev–Trinajstić information content (AvgIpc) is 3.05. The predicted octanol–water partition coefficient (Wildman–Crippen LogP) is 3.48. The molecule has 128 valence electrons. The Kier molecular flexibility index (Phi) is 4.88. The van der Waals surface area contributed by atoms with Crippen LogP contribution in [0.5, 0.6) is 0 Å². The molecular formula is C19H17F2N3O. The summed E-state index contributed by atoms with van der Waals surface area (Å²) in [5, 5.41) is 0. The quantitative estimate of drug-likeness (QED) is 0.713. The maximum absolute atomic E-state index is 13.8. The summed E-state index contributed by atoms with van der Waals surface area (Å²) in [6.45, 7) is 0.573. The summed E-state index contributed by atoms with van der Waals surface area (Å²) >= 11 is 0. The van der Waals surface area contributed by atoms with Crippen LogP contribution in [0.2, 0.25) is 0 Å². The highest BCUT2D eigenvalue weighted by Crippen LogP contribution is 2.14. The van der Waals surface area contributed by atoms with Crippen molar-refractivity contribution >= 4 is 5.91 Å². The summed E-state index contributed by atoms with van der Waals surface area (Å²) in [5.74, 6) is -1.54. The highest BCUT2D eigenvalue weighted by Gasteiger charge is 2.17. The van der Waals surface area contributed by atoms with Crippen LogP contribution in [-0.2, 0) is 13.1 Å². The summed E-state index contributed by atoms with van der Waals surface area (Å²) in [6, 6.07) is 10.6. The van der Waals surface area contributed by atoms with Crippen molar-refractivity contribution in [2.45, 2.75) is 13.1 Å². The number of carbonyl (C=O) groups excluding carboxylic acids is 1. The number of benzene rings is 1. The molecule has 25 heavy (non-hydrogen) atoms. The zero-order valence-corrected chi connectivity index (χ0v) is 13.7. The molecular weight excluding hydrogens is 324 g/mol. The molecule has 1 amide bonds. The van der Waals surface area contributed by atoms with E-state index in [4.69, 9.17) is 0 Å². The molecule has 2 heterocycles. The van der Waals surface area contributed by atoms with E-state index >= 15 is 0 Å². The minimum atomic E-state index is -0.662. The largest absolute Gasteiger partial charge is 0.339 e. The number of nitrogens with zero attached hydrogens (tertiary/aromatic N) is 3. The third-order valence-corrected chi connectivity index (χ3v) is 3.89. The van der Waals surface area contributed by atoms with Crippen molar-refractivity contribution in [2.24, 2.45) is 0 Å². The Balaban J connectivity index is 1.75. The van der Waals surface area contributed by atoms with Crippen LogP contribution in [0.3, 0.4) is 0 Å². The van der Waals surface area contributed by atoms with E-state index in [1.54, 1.807) is 31.6 Å². The van der Waals surface area contributed by atoms with Gasteiger partial charge in [0.25, 0.3) is 5.91 Å². The number of pyridine rings is 1. The van der Waals surface area contributed by atoms with Gasteiger partial charge >= 0.3 is 0 Å². The van der Waals surface area contributed by atoms with E-state index < -0.39 is 11.6 Å². The number of rotatable bonds is 5. The Bertz CT molecular complexity index is 877. The van der Waals surface area contributed by atoms with Crippen LogP contribution in [0, 0.1) is 11.6 Å². The molecule has 0 radical (unpaired) electrons. The van der Waals surface area contributed by atoms with Crippen molar-refractivity contribution in [1.29, 1.82) is 0 Å². The molecule has 0 N–H and O–H groups in total. The fraction of sp³-hybridized carbons (Fsp3) is 0.158. The highest BCUT2D eigenvalue weighted by molar-refractivity contribution is 5.92. The fourth-order valence-corrected chi connectivity index (χ4v) is 2.61. The Morgan fingerprint density at radius 1 is 1.20 bits per heavy atom. The molecule has 6 heteroatoms. The fourth-order valence-electron chi connectivity index (χ4n) is 2.61. The average molecular weight is 341 g/mol. The predicted molar refractivity (Wildman–Crippen MR) is 89.9 cm³/mol. The van der Waals surface area contributed by atoms with Crippen molar-refractivity contribution in [1.82, 2.24) is 14.5 Å². The Morgan fingerprint density at radius 3 is 2.76 bits per heavy atom. The molecule has 0 fully saturated rings. The molecule has 0 spiro atoms. The van der Waals surface area contributed by atoms with E-state index in [1.807, 2.05) is 22.9 Å². The maximum atomic E-state index is 13.8. The number of hydrogen-bond donors (Lipinski definition) is 0. The molecule has 0 saturated carbocycles. The summed E-state index contributed by atoms with van der Waals surface area (Å²) < 4.78 is 28.6. The monoisotopic (exact) mass is 341 g/mol. The molecule has 1 aromatic carbocycles. The lowest BCUT2D eigenvalue weighted by Crippen LogP contribution is -2.28. The molecule has 0 aliphatic heterocycles. The summed E-state index contributed by atoms with van der Waals surface area (Å²) in [7, 11) is 1.59. The lowest BCUT2D eigenvalue weighted by atomic mass is 10.2. The molecule has 0 atom stereocenters. The maximum Gasteiger partial charge on any atom is 0.270 e. The first kappa shape index (κ1) is 16.8. The van der Waals surface area contributed by atoms with E-state index in [1.165, 1.54) is 17.0 Å². The van der Waals surface area contributed by atoms with E-state index in [0.29, 0.717) is 12.2 Å². The van der Waals surface area contributed by atoms with Gasteiger partial charge in [-0.1, -0.05) is 12.1 Å². The Hall–Kier alpha value is -3.02. The second-order valence-corrected chi connectivity index (χ2v) is 5.78. The molecule has 0 saturated heterocycles. The van der Waals surface area contributed by atoms with Crippen LogP contribution < -0.4 is 0 Å². The van der Waals surface area contributed by atoms with Gasteiger partial charge in [0.05, 0.1) is 0 Å². The van der Waals surface area contributed by atoms with Gasteiger partial charge in [0, 0.05) is 50.4 Å². The molecule has 3 aromatic rings. The van der Waals surface area contributed by atoms with E-state index in [-0.39, 0.29) is 18.0 Å². The molecule has 0 aliphatic rings. The van der Waals surface area contributed by atoms with Crippen molar-refractivity contribution in [3.8, 4) is 0 Å². The molecule has 0 bridgehead atoms. The molecule has 2 aromatic heterocycles. The summed E-state index contributed by atoms with van der Waals surface area (Å²) in [6.07, 6.45) is 5.24. The minimum Gasteiger partial charge on any atom is -0.339 e. The molecule has 4 nitrogen and oxygen atoms in total. The smallest absolute Gasteiger partial charge is 0.270 e. The van der Waals surface area contributed by atoms with E-state index in [0.717, 1.165) is 11.6 Å². The highest BCUT2D eigenvalue weighted by atomic mass is 19.1. The van der Waals surface area contributed by atoms with Crippen molar-refractivity contribution < 1.29 is 13.6 Å². The standard InChI is InChI=1S/C19H17F2N3O/c1-23(13-15-6-7-16(20)10-17(15)21)19(25)18-5-3-9-24(18)12-14-4-2-8-22-11-14/h2-11H,12-13H2,1H3. The van der Waals surface area contributed by atoms with Crippen LogP contribution in [0.4, 0.5) is 8.78 Å². The topological polar surface area (TPSA) is 38.1 Å². The number of carbonyl (C=O) groups is 1. The third kappa shape index (κ3) is 3.91. The van der Waals surface area contributed by atoms with Gasteiger partial charge in [0.2, 0.25) is 0 Å². The third-order valence-electron chi connectivity index (χ3n) is 3.89. The number of hydrogen-bond acceptors (Lipinski definition) is 2. The van der Waals surface area contributed by atoms with Gasteiger partial charge in [-0.05, 0) is 29.8 Å². The van der Waals surface area contributed by atoms with Crippen molar-refractivity contribution in [2.75, 3.05) is 7.05 Å². The van der Waals surface area contributed by atoms with Gasteiger partial charge in [-0.15, -0.1) is 0 Å². The molecule has 0 unspecified atom stereocenters. The number of amides is 1. The Labute approximate surface area is 144 Å². The van der Waals surface area contributed by atoms with Gasteiger partial charge < -0.3 is 9.47 Å². The Morgan fingerprint density at radius 2 is 2.04 bits per heavy atom. The van der Waals surface area contributed by atoms with E-state index in [2.05, 4.69) is 4.98 Å². The van der Waals surface area contributed by atoms with Crippen LogP contribution in [0.15, 0.2) is 61.1 Å². The van der Waals surface area contributed by atoms with Crippen LogP contribution in [0.1, 0.15) is 21.6 Å². The number of aromatic nitrogens is 2. The van der Waals surface area contributed by atoms with Gasteiger partial charge in [0.15, 0.2) is 0 Å². The zero-order chi connectivity index (χ0) is 17.8. The normalized spacial score (nSPS) is 10.7. The minimum absolute atomic E-state index is 0.0586. The second-order valence-electron chi connectivity index (χ2n) is 5.78. The molecule has 0 aliphatic carbocycles. The van der Waals surface area contributed by atoms with Gasteiger partial charge in [-0.2, -0.15) is 0 Å². The van der Waals surface area contributed by atoms with E-state index in [9.17, 15) is 13.6 Å². The SMILES string of the molecule is CN(Cc1ccc(F)cc1F)C(=O)c1cccn1Cc1cccnc1. The van der Waals surface area contributed by atoms with Crippen LogP contribution in [0.25, 0.3) is 0 Å². The van der Waals surface area contributed by atoms with Gasteiger partial charge in [-0.25, -0.2) is 8.78 Å². The summed E-state index contributed by atoms with van der Waals surface area (Å²) in [4.78, 5) is 18.2. The second kappa shape index (κ2) is 7.25. The van der Waals surface area contributed by atoms with Crippen molar-refractivity contribution in [3.05, 3.63) is 89.5 Å². The summed E-state index contributed by atoms with van der Waals surface area (Å²) in [5.41, 5.74) is 1.73. The first-order valence-electron chi connectivity index (χ1n) is 7.78. The lowest BCUT2D eigenvalue weighted by molar-refractivity contribution is 0.0773. The molecule has 3 rings (SSSR count).